The summed E-state index contributed by atoms with van der Waals surface area (Å²) in [4.78, 5) is 7.19. The van der Waals surface area contributed by atoms with Gasteiger partial charge in [0, 0.05) is 0 Å². The highest BCUT2D eigenvalue weighted by Crippen LogP contribution is 2.05. The number of rotatable bonds is 1. The van der Waals surface area contributed by atoms with E-state index in [0.29, 0.717) is 5.82 Å². The van der Waals surface area contributed by atoms with Gasteiger partial charge in [-0.25, -0.2) is 9.37 Å². The number of pyridine rings is 1. The maximum absolute atomic E-state index is 12.3. The summed E-state index contributed by atoms with van der Waals surface area (Å²) in [6.07, 6.45) is 1.04. The van der Waals surface area contributed by atoms with Crippen LogP contribution in [0.4, 0.5) is 10.2 Å². The monoisotopic (exact) mass is 154 g/mol. The number of aromatic nitrogens is 1. The van der Waals surface area contributed by atoms with Crippen molar-refractivity contribution in [3.8, 4) is 0 Å². The summed E-state index contributed by atoms with van der Waals surface area (Å²) in [5.41, 5.74) is 10.1. The van der Waals surface area contributed by atoms with Crippen LogP contribution in [0.15, 0.2) is 23.3 Å². The summed E-state index contributed by atoms with van der Waals surface area (Å²) >= 11 is 0. The van der Waals surface area contributed by atoms with E-state index in [-0.39, 0.29) is 5.96 Å². The van der Waals surface area contributed by atoms with E-state index in [1.165, 1.54) is 12.1 Å². The fraction of sp³-hybridized carbons (Fsp3) is 0. The standard InChI is InChI=1S/C6H7FN4/c7-4-1-2-5(10-3-4)11-6(8)9/h1-3H,(H4,8,9,10,11). The first-order valence-corrected chi connectivity index (χ1v) is 2.89. The predicted molar refractivity (Wildman–Crippen MR) is 39.7 cm³/mol. The van der Waals surface area contributed by atoms with Crippen molar-refractivity contribution in [2.45, 2.75) is 0 Å². The summed E-state index contributed by atoms with van der Waals surface area (Å²) < 4.78 is 12.3. The zero-order chi connectivity index (χ0) is 8.27. The van der Waals surface area contributed by atoms with E-state index in [1.807, 2.05) is 0 Å². The van der Waals surface area contributed by atoms with Gasteiger partial charge in [0.15, 0.2) is 11.8 Å². The third kappa shape index (κ3) is 2.21. The molecule has 1 aromatic rings. The number of guanidine groups is 1. The zero-order valence-corrected chi connectivity index (χ0v) is 5.66. The van der Waals surface area contributed by atoms with Gasteiger partial charge in [-0.15, -0.1) is 0 Å². The molecule has 1 heterocycles. The van der Waals surface area contributed by atoms with E-state index < -0.39 is 5.82 Å². The maximum Gasteiger partial charge on any atom is 0.192 e. The van der Waals surface area contributed by atoms with Gasteiger partial charge in [0.2, 0.25) is 0 Å². The van der Waals surface area contributed by atoms with E-state index in [0.717, 1.165) is 6.20 Å². The summed E-state index contributed by atoms with van der Waals surface area (Å²) in [6, 6.07) is 2.61. The molecule has 1 rings (SSSR count). The summed E-state index contributed by atoms with van der Waals surface area (Å²) in [6.45, 7) is 0. The highest BCUT2D eigenvalue weighted by molar-refractivity contribution is 5.78. The van der Waals surface area contributed by atoms with E-state index in [1.54, 1.807) is 0 Å². The molecule has 0 radical (unpaired) electrons. The molecular formula is C6H7FN4. The first-order valence-electron chi connectivity index (χ1n) is 2.89. The quantitative estimate of drug-likeness (QED) is 0.445. The molecule has 0 fully saturated rings. The Morgan fingerprint density at radius 1 is 1.45 bits per heavy atom. The van der Waals surface area contributed by atoms with Gasteiger partial charge < -0.3 is 11.5 Å². The minimum absolute atomic E-state index is 0.0934. The number of nitrogens with two attached hydrogens (primary N) is 2. The van der Waals surface area contributed by atoms with Crippen LogP contribution >= 0.6 is 0 Å². The van der Waals surface area contributed by atoms with Crippen LogP contribution in [0.25, 0.3) is 0 Å². The highest BCUT2D eigenvalue weighted by atomic mass is 19.1. The Hall–Kier alpha value is -1.65. The first kappa shape index (κ1) is 7.46. The van der Waals surface area contributed by atoms with Crippen molar-refractivity contribution in [1.29, 1.82) is 0 Å². The predicted octanol–water partition coefficient (Wildman–Crippen LogP) is 0.126. The van der Waals surface area contributed by atoms with Crippen molar-refractivity contribution in [1.82, 2.24) is 4.98 Å². The fourth-order valence-electron chi connectivity index (χ4n) is 0.566. The van der Waals surface area contributed by atoms with Gasteiger partial charge in [0.25, 0.3) is 0 Å². The molecule has 0 spiro atoms. The molecule has 58 valence electrons. The van der Waals surface area contributed by atoms with Crippen molar-refractivity contribution < 1.29 is 4.39 Å². The Bertz CT molecular complexity index is 262. The second-order valence-corrected chi connectivity index (χ2v) is 1.87. The lowest BCUT2D eigenvalue weighted by molar-refractivity contribution is 0.621. The molecule has 0 aromatic carbocycles. The van der Waals surface area contributed by atoms with Gasteiger partial charge in [-0.05, 0) is 12.1 Å². The minimum atomic E-state index is -0.417. The molecule has 0 unspecified atom stereocenters. The van der Waals surface area contributed by atoms with Crippen LogP contribution in [0.2, 0.25) is 0 Å². The average molecular weight is 154 g/mol. The minimum Gasteiger partial charge on any atom is -0.370 e. The van der Waals surface area contributed by atoms with Crippen molar-refractivity contribution in [3.63, 3.8) is 0 Å². The SMILES string of the molecule is NC(N)=Nc1ccc(F)cn1. The molecule has 0 saturated carbocycles. The molecule has 1 aromatic heterocycles. The molecule has 5 heteroatoms. The fourth-order valence-corrected chi connectivity index (χ4v) is 0.566. The molecule has 0 saturated heterocycles. The first-order chi connectivity index (χ1) is 5.18. The molecule has 0 bridgehead atoms. The number of halogens is 1. The third-order valence-electron chi connectivity index (χ3n) is 0.955. The van der Waals surface area contributed by atoms with E-state index in [9.17, 15) is 4.39 Å². The topological polar surface area (TPSA) is 77.3 Å². The Labute approximate surface area is 62.8 Å². The van der Waals surface area contributed by atoms with Crippen LogP contribution in [-0.4, -0.2) is 10.9 Å². The molecule has 0 atom stereocenters. The Kier molecular flexibility index (Phi) is 2.00. The van der Waals surface area contributed by atoms with Crippen LogP contribution in [0.3, 0.4) is 0 Å². The molecule has 4 nitrogen and oxygen atoms in total. The van der Waals surface area contributed by atoms with Crippen molar-refractivity contribution in [2.75, 3.05) is 0 Å². The summed E-state index contributed by atoms with van der Waals surface area (Å²) in [7, 11) is 0. The lowest BCUT2D eigenvalue weighted by Crippen LogP contribution is -2.22. The van der Waals surface area contributed by atoms with Crippen LogP contribution in [-0.2, 0) is 0 Å². The highest BCUT2D eigenvalue weighted by Gasteiger charge is 1.91. The smallest absolute Gasteiger partial charge is 0.192 e. The number of aliphatic imine (C=N–C) groups is 1. The maximum atomic E-state index is 12.3. The normalized spacial score (nSPS) is 9.18. The van der Waals surface area contributed by atoms with Gasteiger partial charge >= 0.3 is 0 Å². The lowest BCUT2D eigenvalue weighted by atomic mass is 10.4. The Morgan fingerprint density at radius 3 is 2.64 bits per heavy atom. The van der Waals surface area contributed by atoms with E-state index in [4.69, 9.17) is 11.5 Å². The van der Waals surface area contributed by atoms with E-state index in [2.05, 4.69) is 9.98 Å². The van der Waals surface area contributed by atoms with Crippen LogP contribution in [0, 0.1) is 5.82 Å². The third-order valence-corrected chi connectivity index (χ3v) is 0.955. The number of hydrogen-bond donors (Lipinski definition) is 2. The van der Waals surface area contributed by atoms with Crippen molar-refractivity contribution >= 4 is 11.8 Å². The van der Waals surface area contributed by atoms with Gasteiger partial charge in [-0.2, -0.15) is 4.99 Å². The second kappa shape index (κ2) is 2.96. The number of hydrogen-bond acceptors (Lipinski definition) is 2. The summed E-state index contributed by atoms with van der Waals surface area (Å²) in [5.74, 6) is -0.213. The molecule has 4 N–H and O–H groups in total. The van der Waals surface area contributed by atoms with Crippen LogP contribution in [0.5, 0.6) is 0 Å². The molecule has 0 aliphatic heterocycles. The molecule has 11 heavy (non-hydrogen) atoms. The van der Waals surface area contributed by atoms with Gasteiger partial charge in [0.05, 0.1) is 6.20 Å². The average Bonchev–Trinajstić information content (AvgIpc) is 1.93. The Balaban J connectivity index is 2.91. The largest absolute Gasteiger partial charge is 0.370 e. The molecule has 0 aliphatic carbocycles. The van der Waals surface area contributed by atoms with Crippen LogP contribution in [0.1, 0.15) is 0 Å². The Morgan fingerprint density at radius 2 is 2.18 bits per heavy atom. The van der Waals surface area contributed by atoms with E-state index >= 15 is 0 Å². The number of nitrogens with zero attached hydrogens (tertiary/aromatic N) is 2. The molecular weight excluding hydrogens is 147 g/mol. The zero-order valence-electron chi connectivity index (χ0n) is 5.66. The van der Waals surface area contributed by atoms with Crippen molar-refractivity contribution in [2.24, 2.45) is 16.5 Å². The van der Waals surface area contributed by atoms with Gasteiger partial charge in [0.1, 0.15) is 5.82 Å². The van der Waals surface area contributed by atoms with Crippen LogP contribution < -0.4 is 11.5 Å². The summed E-state index contributed by atoms with van der Waals surface area (Å²) in [5, 5.41) is 0. The van der Waals surface area contributed by atoms with Crippen molar-refractivity contribution in [3.05, 3.63) is 24.1 Å². The molecule has 0 amide bonds. The van der Waals surface area contributed by atoms with Gasteiger partial charge in [-0.1, -0.05) is 0 Å². The molecule has 0 aliphatic rings. The van der Waals surface area contributed by atoms with Gasteiger partial charge in [-0.3, -0.25) is 0 Å². The lowest BCUT2D eigenvalue weighted by Gasteiger charge is -1.92. The second-order valence-electron chi connectivity index (χ2n) is 1.87.